The first-order valence-corrected chi connectivity index (χ1v) is 8.29. The number of nitrogens with one attached hydrogen (secondary N) is 1. The van der Waals surface area contributed by atoms with Gasteiger partial charge in [-0.3, -0.25) is 0 Å². The van der Waals surface area contributed by atoms with Crippen LogP contribution >= 0.6 is 0 Å². The summed E-state index contributed by atoms with van der Waals surface area (Å²) in [6, 6.07) is 8.16. The number of rotatable bonds is 9. The third-order valence-corrected chi connectivity index (χ3v) is 3.46. The highest BCUT2D eigenvalue weighted by Gasteiger charge is 2.16. The zero-order chi connectivity index (χ0) is 17.7. The van der Waals surface area contributed by atoms with Crippen molar-refractivity contribution >= 4 is 7.12 Å². The first kappa shape index (κ1) is 21.9. The van der Waals surface area contributed by atoms with E-state index in [2.05, 4.69) is 31.3 Å². The lowest BCUT2D eigenvalue weighted by Crippen LogP contribution is -2.39. The predicted molar refractivity (Wildman–Crippen MR) is 97.5 cm³/mol. The lowest BCUT2D eigenvalue weighted by Gasteiger charge is -2.24. The molecule has 23 heavy (non-hydrogen) atoms. The molecule has 0 aliphatic carbocycles. The lowest BCUT2D eigenvalue weighted by atomic mass is 9.92. The van der Waals surface area contributed by atoms with Gasteiger partial charge < -0.3 is 25.8 Å². The summed E-state index contributed by atoms with van der Waals surface area (Å²) in [7, 11) is 0.519. The van der Waals surface area contributed by atoms with Crippen LogP contribution in [0.2, 0.25) is 6.82 Å². The van der Waals surface area contributed by atoms with E-state index in [0.717, 1.165) is 31.7 Å². The van der Waals surface area contributed by atoms with Crippen LogP contribution in [-0.4, -0.2) is 36.4 Å². The number of nitrogens with two attached hydrogens (primary N) is 1. The molecule has 0 bridgehead atoms. The fraction of sp³-hybridized carbons (Fsp3) is 0.647. The summed E-state index contributed by atoms with van der Waals surface area (Å²) in [4.78, 5) is 0. The molecule has 1 aromatic rings. The maximum atomic E-state index is 7.61. The van der Waals surface area contributed by atoms with Gasteiger partial charge in [-0.05, 0) is 50.8 Å². The second-order valence-electron chi connectivity index (χ2n) is 6.16. The van der Waals surface area contributed by atoms with Crippen molar-refractivity contribution in [3.63, 3.8) is 0 Å². The zero-order valence-electron chi connectivity index (χ0n) is 15.0. The number of ether oxygens (including phenoxy) is 1. The number of methoxy groups -OCH3 is 1. The molecule has 0 aliphatic rings. The van der Waals surface area contributed by atoms with Crippen LogP contribution in [0.5, 0.6) is 5.75 Å². The highest BCUT2D eigenvalue weighted by Crippen LogP contribution is 2.14. The quantitative estimate of drug-likeness (QED) is 0.413. The first-order chi connectivity index (χ1) is 10.8. The molecule has 132 valence electrons. The van der Waals surface area contributed by atoms with Gasteiger partial charge in [0.25, 0.3) is 0 Å². The molecule has 0 saturated carbocycles. The van der Waals surface area contributed by atoms with Crippen molar-refractivity contribution in [2.75, 3.05) is 13.7 Å². The summed E-state index contributed by atoms with van der Waals surface area (Å²) in [6.45, 7) is 7.48. The Morgan fingerprint density at radius 2 is 1.78 bits per heavy atom. The van der Waals surface area contributed by atoms with Crippen molar-refractivity contribution in [3.8, 4) is 5.75 Å². The van der Waals surface area contributed by atoms with Crippen LogP contribution < -0.4 is 15.8 Å². The van der Waals surface area contributed by atoms with E-state index in [4.69, 9.17) is 20.5 Å². The SMILES string of the molecule is CB(O)O.CCCCC(C)(N)CCNCc1ccc(OC)cc1. The van der Waals surface area contributed by atoms with Gasteiger partial charge in [0.15, 0.2) is 0 Å². The van der Waals surface area contributed by atoms with Crippen molar-refractivity contribution in [1.82, 2.24) is 5.32 Å². The fourth-order valence-corrected chi connectivity index (χ4v) is 2.06. The molecule has 0 aliphatic heterocycles. The van der Waals surface area contributed by atoms with Gasteiger partial charge in [0, 0.05) is 12.1 Å². The van der Waals surface area contributed by atoms with E-state index in [0.29, 0.717) is 0 Å². The molecule has 0 fully saturated rings. The Morgan fingerprint density at radius 3 is 2.26 bits per heavy atom. The van der Waals surface area contributed by atoms with Gasteiger partial charge in [0.2, 0.25) is 0 Å². The molecule has 1 atom stereocenters. The van der Waals surface area contributed by atoms with Crippen molar-refractivity contribution in [3.05, 3.63) is 29.8 Å². The van der Waals surface area contributed by atoms with E-state index in [1.165, 1.54) is 25.2 Å². The van der Waals surface area contributed by atoms with Gasteiger partial charge >= 0.3 is 7.12 Å². The Kier molecular flexibility index (Phi) is 11.8. The van der Waals surface area contributed by atoms with E-state index in [1.54, 1.807) is 7.11 Å². The Bertz CT molecular complexity index is 395. The number of hydrogen-bond acceptors (Lipinski definition) is 5. The Hall–Kier alpha value is -1.08. The van der Waals surface area contributed by atoms with E-state index < -0.39 is 7.12 Å². The first-order valence-electron chi connectivity index (χ1n) is 8.29. The summed E-state index contributed by atoms with van der Waals surface area (Å²) in [5.74, 6) is 0.901. The summed E-state index contributed by atoms with van der Waals surface area (Å²) in [5.41, 5.74) is 7.50. The van der Waals surface area contributed by atoms with E-state index in [9.17, 15) is 0 Å². The maximum absolute atomic E-state index is 7.61. The highest BCUT2D eigenvalue weighted by molar-refractivity contribution is 6.38. The largest absolute Gasteiger partial charge is 0.497 e. The lowest BCUT2D eigenvalue weighted by molar-refractivity contribution is 0.378. The molecule has 1 unspecified atom stereocenters. The molecule has 0 radical (unpaired) electrons. The Labute approximate surface area is 141 Å². The topological polar surface area (TPSA) is 87.7 Å². The Morgan fingerprint density at radius 1 is 1.22 bits per heavy atom. The molecular weight excluding hydrogens is 291 g/mol. The summed E-state index contributed by atoms with van der Waals surface area (Å²) in [5, 5.41) is 18.7. The van der Waals surface area contributed by atoms with Crippen molar-refractivity contribution in [2.45, 2.75) is 58.4 Å². The van der Waals surface area contributed by atoms with Crippen molar-refractivity contribution < 1.29 is 14.8 Å². The Balaban J connectivity index is 0.00000108. The number of benzene rings is 1. The average Bonchev–Trinajstić information content (AvgIpc) is 2.50. The standard InChI is InChI=1S/C16H28N2O.CH5BO2/c1-4-5-10-16(2,17)11-12-18-13-14-6-8-15(19-3)9-7-14;1-2(3)4/h6-9,18H,4-5,10-13,17H2,1-3H3;3-4H,1H3. The van der Waals surface area contributed by atoms with Crippen LogP contribution in [0.4, 0.5) is 0 Å². The molecular formula is C17H33BN2O3. The number of unbranched alkanes of at least 4 members (excludes halogenated alkanes) is 1. The van der Waals surface area contributed by atoms with Crippen molar-refractivity contribution in [2.24, 2.45) is 5.73 Å². The third kappa shape index (κ3) is 13.1. The van der Waals surface area contributed by atoms with E-state index >= 15 is 0 Å². The van der Waals surface area contributed by atoms with Gasteiger partial charge in [-0.1, -0.05) is 31.9 Å². The minimum absolute atomic E-state index is 0.0388. The monoisotopic (exact) mass is 324 g/mol. The second kappa shape index (κ2) is 12.4. The third-order valence-electron chi connectivity index (χ3n) is 3.46. The minimum atomic E-state index is -1.17. The molecule has 5 nitrogen and oxygen atoms in total. The van der Waals surface area contributed by atoms with Gasteiger partial charge in [-0.25, -0.2) is 0 Å². The van der Waals surface area contributed by atoms with E-state index in [1.807, 2.05) is 12.1 Å². The highest BCUT2D eigenvalue weighted by atomic mass is 16.5. The summed E-state index contributed by atoms with van der Waals surface area (Å²) in [6.07, 6.45) is 4.55. The van der Waals surface area contributed by atoms with Gasteiger partial charge in [0.1, 0.15) is 5.75 Å². The van der Waals surface area contributed by atoms with Crippen LogP contribution in [0.1, 0.15) is 45.1 Å². The molecule has 0 amide bonds. The summed E-state index contributed by atoms with van der Waals surface area (Å²) >= 11 is 0. The molecule has 1 aromatic carbocycles. The molecule has 0 spiro atoms. The normalized spacial score (nSPS) is 12.8. The molecule has 0 heterocycles. The summed E-state index contributed by atoms with van der Waals surface area (Å²) < 4.78 is 5.14. The fourth-order valence-electron chi connectivity index (χ4n) is 2.06. The smallest absolute Gasteiger partial charge is 0.448 e. The predicted octanol–water partition coefficient (Wildman–Crippen LogP) is 2.17. The van der Waals surface area contributed by atoms with Crippen LogP contribution in [0.3, 0.4) is 0 Å². The van der Waals surface area contributed by atoms with Crippen LogP contribution in [0.15, 0.2) is 24.3 Å². The molecule has 0 aromatic heterocycles. The van der Waals surface area contributed by atoms with Crippen LogP contribution in [0.25, 0.3) is 0 Å². The van der Waals surface area contributed by atoms with Crippen molar-refractivity contribution in [1.29, 1.82) is 0 Å². The molecule has 1 rings (SSSR count). The molecule has 5 N–H and O–H groups in total. The number of hydrogen-bond donors (Lipinski definition) is 4. The van der Waals surface area contributed by atoms with Crippen LogP contribution in [0, 0.1) is 0 Å². The van der Waals surface area contributed by atoms with Gasteiger partial charge in [-0.15, -0.1) is 0 Å². The average molecular weight is 324 g/mol. The second-order valence-corrected chi connectivity index (χ2v) is 6.16. The van der Waals surface area contributed by atoms with Gasteiger partial charge in [-0.2, -0.15) is 0 Å². The zero-order valence-corrected chi connectivity index (χ0v) is 15.0. The maximum Gasteiger partial charge on any atom is 0.448 e. The van der Waals surface area contributed by atoms with Crippen LogP contribution in [-0.2, 0) is 6.54 Å². The molecule has 0 saturated heterocycles. The molecule has 6 heteroatoms. The van der Waals surface area contributed by atoms with E-state index in [-0.39, 0.29) is 5.54 Å². The van der Waals surface area contributed by atoms with Gasteiger partial charge in [0.05, 0.1) is 7.11 Å². The minimum Gasteiger partial charge on any atom is -0.497 e.